The number of aromatic nitrogens is 3. The summed E-state index contributed by atoms with van der Waals surface area (Å²) >= 11 is 0. The minimum absolute atomic E-state index is 0.0909. The molecule has 0 amide bonds. The molecule has 2 heterocycles. The average Bonchev–Trinajstić information content (AvgIpc) is 2.77. The van der Waals surface area contributed by atoms with Crippen LogP contribution in [0.25, 0.3) is 6.08 Å². The lowest BCUT2D eigenvalue weighted by Crippen LogP contribution is -2.14. The lowest BCUT2D eigenvalue weighted by atomic mass is 9.90. The number of pyridine rings is 1. The Balaban J connectivity index is 1.98. The predicted octanol–water partition coefficient (Wildman–Crippen LogP) is 2.03. The van der Waals surface area contributed by atoms with Crippen LogP contribution in [-0.4, -0.2) is 20.5 Å². The molecule has 4 nitrogen and oxygen atoms in total. The van der Waals surface area contributed by atoms with Gasteiger partial charge >= 0.3 is 0 Å². The summed E-state index contributed by atoms with van der Waals surface area (Å²) in [4.78, 5) is 16.3. The van der Waals surface area contributed by atoms with Gasteiger partial charge in [-0.05, 0) is 30.5 Å². The molecule has 2 aromatic heterocycles. The Morgan fingerprint density at radius 3 is 3.00 bits per heavy atom. The number of ketones is 1. The van der Waals surface area contributed by atoms with E-state index < -0.39 is 0 Å². The molecule has 0 atom stereocenters. The summed E-state index contributed by atoms with van der Waals surface area (Å²) in [5, 5.41) is 4.15. The normalized spacial score (nSPS) is 16.9. The molecule has 0 aliphatic heterocycles. The Kier molecular flexibility index (Phi) is 2.55. The van der Waals surface area contributed by atoms with Gasteiger partial charge in [-0.15, -0.1) is 0 Å². The summed E-state index contributed by atoms with van der Waals surface area (Å²) in [6.45, 7) is 0. The summed E-state index contributed by atoms with van der Waals surface area (Å²) < 4.78 is 1.79. The van der Waals surface area contributed by atoms with E-state index in [4.69, 9.17) is 0 Å². The first kappa shape index (κ1) is 10.9. The van der Waals surface area contributed by atoms with Crippen LogP contribution in [0.15, 0.2) is 36.3 Å². The van der Waals surface area contributed by atoms with Crippen LogP contribution in [0.4, 0.5) is 0 Å². The maximum atomic E-state index is 12.3. The second-order valence-electron chi connectivity index (χ2n) is 4.41. The molecule has 18 heavy (non-hydrogen) atoms. The fourth-order valence-corrected chi connectivity index (χ4v) is 2.29. The van der Waals surface area contributed by atoms with Gasteiger partial charge in [0.2, 0.25) is 0 Å². The summed E-state index contributed by atoms with van der Waals surface area (Å²) in [5.74, 6) is 0.0909. The smallest absolute Gasteiger partial charge is 0.192 e. The zero-order chi connectivity index (χ0) is 12.5. The molecule has 0 saturated carbocycles. The molecule has 0 bridgehead atoms. The Labute approximate surface area is 105 Å². The minimum Gasteiger partial charge on any atom is -0.289 e. The molecule has 1 aliphatic carbocycles. The van der Waals surface area contributed by atoms with E-state index in [0.717, 1.165) is 35.2 Å². The fourth-order valence-electron chi connectivity index (χ4n) is 2.29. The number of carbonyl (C=O) groups excluding carboxylic acids is 1. The molecule has 0 spiro atoms. The van der Waals surface area contributed by atoms with Crippen molar-refractivity contribution in [3.63, 3.8) is 0 Å². The number of hydrogen-bond donors (Lipinski definition) is 0. The fraction of sp³-hybridized carbons (Fsp3) is 0.214. The summed E-state index contributed by atoms with van der Waals surface area (Å²) in [7, 11) is 1.88. The molecule has 1 aliphatic rings. The first-order valence-corrected chi connectivity index (χ1v) is 5.92. The van der Waals surface area contributed by atoms with Crippen LogP contribution in [0.3, 0.4) is 0 Å². The van der Waals surface area contributed by atoms with E-state index in [1.807, 2.05) is 25.3 Å². The lowest BCUT2D eigenvalue weighted by molar-refractivity contribution is 0.102. The molecule has 0 fully saturated rings. The van der Waals surface area contributed by atoms with Crippen LogP contribution in [0.1, 0.15) is 28.0 Å². The molecule has 4 heteroatoms. The first-order valence-electron chi connectivity index (χ1n) is 5.92. The zero-order valence-electron chi connectivity index (χ0n) is 10.1. The van der Waals surface area contributed by atoms with Gasteiger partial charge in [0.15, 0.2) is 5.78 Å². The van der Waals surface area contributed by atoms with Gasteiger partial charge in [-0.2, -0.15) is 5.10 Å². The van der Waals surface area contributed by atoms with E-state index >= 15 is 0 Å². The largest absolute Gasteiger partial charge is 0.289 e. The van der Waals surface area contributed by atoms with E-state index in [1.54, 1.807) is 23.3 Å². The van der Waals surface area contributed by atoms with Crippen LogP contribution in [-0.2, 0) is 13.5 Å². The quantitative estimate of drug-likeness (QED) is 0.715. The van der Waals surface area contributed by atoms with E-state index in [0.29, 0.717) is 0 Å². The number of hydrogen-bond acceptors (Lipinski definition) is 3. The predicted molar refractivity (Wildman–Crippen MR) is 68.1 cm³/mol. The number of allylic oxidation sites excluding steroid dienone is 1. The van der Waals surface area contributed by atoms with Crippen molar-refractivity contribution in [1.29, 1.82) is 0 Å². The van der Waals surface area contributed by atoms with Crippen molar-refractivity contribution >= 4 is 11.9 Å². The third-order valence-corrected chi connectivity index (χ3v) is 3.25. The number of rotatable bonds is 1. The first-order chi connectivity index (χ1) is 8.75. The van der Waals surface area contributed by atoms with Crippen LogP contribution in [0, 0.1) is 0 Å². The van der Waals surface area contributed by atoms with Gasteiger partial charge in [-0.3, -0.25) is 14.5 Å². The van der Waals surface area contributed by atoms with Gasteiger partial charge in [0.05, 0.1) is 11.8 Å². The van der Waals surface area contributed by atoms with Gasteiger partial charge in [-0.1, -0.05) is 6.07 Å². The van der Waals surface area contributed by atoms with Crippen molar-refractivity contribution < 1.29 is 4.79 Å². The maximum Gasteiger partial charge on any atom is 0.192 e. The summed E-state index contributed by atoms with van der Waals surface area (Å²) in [6, 6.07) is 3.82. The van der Waals surface area contributed by atoms with Crippen molar-refractivity contribution in [2.24, 2.45) is 7.05 Å². The van der Waals surface area contributed by atoms with Crippen molar-refractivity contribution in [1.82, 2.24) is 14.8 Å². The molecular weight excluding hydrogens is 226 g/mol. The number of fused-ring (bicyclic) bond motifs is 1. The van der Waals surface area contributed by atoms with Crippen molar-refractivity contribution in [3.05, 3.63) is 53.1 Å². The van der Waals surface area contributed by atoms with Crippen LogP contribution >= 0.6 is 0 Å². The molecule has 3 rings (SSSR count). The van der Waals surface area contributed by atoms with Crippen LogP contribution in [0.2, 0.25) is 0 Å². The third kappa shape index (κ3) is 1.76. The number of nitrogens with zero attached hydrogens (tertiary/aromatic N) is 3. The molecule has 0 saturated heterocycles. The highest BCUT2D eigenvalue weighted by atomic mass is 16.1. The molecule has 0 unspecified atom stereocenters. The highest BCUT2D eigenvalue weighted by Gasteiger charge is 2.24. The Morgan fingerprint density at radius 2 is 2.22 bits per heavy atom. The van der Waals surface area contributed by atoms with E-state index in [1.165, 1.54) is 0 Å². The minimum atomic E-state index is 0.0909. The molecule has 2 aromatic rings. The standard InChI is InChI=1S/C14H13N3O/c1-17-13-5-4-11(14(18)12(13)9-16-17)7-10-3-2-6-15-8-10/h2-3,6-9H,4-5H2,1H3/b11-7+. The third-order valence-electron chi connectivity index (χ3n) is 3.25. The summed E-state index contributed by atoms with van der Waals surface area (Å²) in [6.07, 6.45) is 8.70. The van der Waals surface area contributed by atoms with Crippen molar-refractivity contribution in [2.45, 2.75) is 12.8 Å². The number of aryl methyl sites for hydroxylation is 1. The van der Waals surface area contributed by atoms with Gasteiger partial charge in [0.25, 0.3) is 0 Å². The number of Topliss-reactive ketones (excluding diaryl/α,β-unsaturated/α-hetero) is 1. The lowest BCUT2D eigenvalue weighted by Gasteiger charge is -2.14. The van der Waals surface area contributed by atoms with Gasteiger partial charge < -0.3 is 0 Å². The van der Waals surface area contributed by atoms with Crippen molar-refractivity contribution in [2.75, 3.05) is 0 Å². The second kappa shape index (κ2) is 4.22. The molecule has 0 radical (unpaired) electrons. The topological polar surface area (TPSA) is 47.8 Å². The Bertz CT molecular complexity index is 626. The monoisotopic (exact) mass is 239 g/mol. The van der Waals surface area contributed by atoms with Crippen molar-refractivity contribution in [3.8, 4) is 0 Å². The Morgan fingerprint density at radius 1 is 1.33 bits per heavy atom. The van der Waals surface area contributed by atoms with Gasteiger partial charge in [-0.25, -0.2) is 0 Å². The Hall–Kier alpha value is -2.23. The second-order valence-corrected chi connectivity index (χ2v) is 4.41. The molecule has 0 N–H and O–H groups in total. The van der Waals surface area contributed by atoms with Crippen LogP contribution < -0.4 is 0 Å². The average molecular weight is 239 g/mol. The van der Waals surface area contributed by atoms with E-state index in [9.17, 15) is 4.79 Å². The number of carbonyl (C=O) groups is 1. The van der Waals surface area contributed by atoms with E-state index in [-0.39, 0.29) is 5.78 Å². The summed E-state index contributed by atoms with van der Waals surface area (Å²) in [5.41, 5.74) is 3.57. The highest BCUT2D eigenvalue weighted by molar-refractivity contribution is 6.12. The van der Waals surface area contributed by atoms with Gasteiger partial charge in [0.1, 0.15) is 0 Å². The van der Waals surface area contributed by atoms with Gasteiger partial charge in [0, 0.05) is 30.7 Å². The SMILES string of the molecule is Cn1ncc2c1CC/C(=C\c1cccnc1)C2=O. The van der Waals surface area contributed by atoms with Crippen LogP contribution in [0.5, 0.6) is 0 Å². The maximum absolute atomic E-state index is 12.3. The molecule has 90 valence electrons. The van der Waals surface area contributed by atoms with E-state index in [2.05, 4.69) is 10.1 Å². The molecule has 0 aromatic carbocycles. The highest BCUT2D eigenvalue weighted by Crippen LogP contribution is 2.25. The zero-order valence-corrected chi connectivity index (χ0v) is 10.1. The molecular formula is C14H13N3O.